The van der Waals surface area contributed by atoms with E-state index in [-0.39, 0.29) is 11.7 Å². The zero-order valence-corrected chi connectivity index (χ0v) is 21.5. The number of benzene rings is 3. The van der Waals surface area contributed by atoms with Gasteiger partial charge in [-0.05, 0) is 86.5 Å². The van der Waals surface area contributed by atoms with Gasteiger partial charge in [-0.2, -0.15) is 0 Å². The Hall–Kier alpha value is -2.75. The summed E-state index contributed by atoms with van der Waals surface area (Å²) in [6.07, 6.45) is 8.38. The Morgan fingerprint density at radius 1 is 0.833 bits per heavy atom. The molecule has 0 amide bonds. The van der Waals surface area contributed by atoms with Crippen LogP contribution < -0.4 is 4.74 Å². The molecule has 1 aliphatic rings. The van der Waals surface area contributed by atoms with E-state index in [9.17, 15) is 8.78 Å². The van der Waals surface area contributed by atoms with Crippen molar-refractivity contribution in [3.63, 3.8) is 0 Å². The number of unbranched alkanes of at least 4 members (excludes halogenated alkanes) is 2. The normalized spacial score (nSPS) is 17.8. The molecule has 4 heteroatoms. The predicted molar refractivity (Wildman–Crippen MR) is 141 cm³/mol. The molecule has 1 nitrogen and oxygen atoms in total. The zero-order chi connectivity index (χ0) is 25.5. The monoisotopic (exact) mass is 494 g/mol. The van der Waals surface area contributed by atoms with E-state index < -0.39 is 11.6 Å². The van der Waals surface area contributed by atoms with Crippen molar-refractivity contribution in [3.8, 4) is 16.9 Å². The topological polar surface area (TPSA) is 9.23 Å². The Bertz CT molecular complexity index is 1130. The van der Waals surface area contributed by atoms with E-state index in [1.165, 1.54) is 6.07 Å². The third kappa shape index (κ3) is 6.52. The standard InChI is InChI=1S/C32H37F3O/c1-3-4-5-20-36-27-17-16-26(30(33)21-27)15-10-23-8-13-25(14-9-23)29-19-18-28(31(34)32(29)35)24-11-6-22(2)7-12-24/h6-7,11-12,16-19,21,23,25H,3-5,8-10,13-15,20H2,1-2H3. The second-order valence-corrected chi connectivity index (χ2v) is 10.3. The number of ether oxygens (including phenoxy) is 1. The highest BCUT2D eigenvalue weighted by Crippen LogP contribution is 2.40. The van der Waals surface area contributed by atoms with Gasteiger partial charge in [0, 0.05) is 11.6 Å². The summed E-state index contributed by atoms with van der Waals surface area (Å²) >= 11 is 0. The van der Waals surface area contributed by atoms with E-state index in [0.29, 0.717) is 41.4 Å². The van der Waals surface area contributed by atoms with Crippen molar-refractivity contribution in [1.82, 2.24) is 0 Å². The molecule has 0 N–H and O–H groups in total. The molecule has 0 radical (unpaired) electrons. The lowest BCUT2D eigenvalue weighted by atomic mass is 9.76. The molecule has 0 spiro atoms. The number of rotatable bonds is 10. The van der Waals surface area contributed by atoms with Gasteiger partial charge in [-0.25, -0.2) is 13.2 Å². The number of hydrogen-bond donors (Lipinski definition) is 0. The summed E-state index contributed by atoms with van der Waals surface area (Å²) in [4.78, 5) is 0. The number of halogens is 3. The van der Waals surface area contributed by atoms with Crippen LogP contribution in [0.4, 0.5) is 13.2 Å². The zero-order valence-electron chi connectivity index (χ0n) is 21.5. The van der Waals surface area contributed by atoms with Crippen LogP contribution in [0.1, 0.15) is 80.9 Å². The molecule has 3 aromatic rings. The number of aryl methyl sites for hydroxylation is 2. The molecule has 36 heavy (non-hydrogen) atoms. The van der Waals surface area contributed by atoms with Crippen molar-refractivity contribution in [1.29, 1.82) is 0 Å². The molecule has 0 saturated heterocycles. The smallest absolute Gasteiger partial charge is 0.166 e. The Balaban J connectivity index is 1.30. The van der Waals surface area contributed by atoms with E-state index in [1.54, 1.807) is 12.1 Å². The maximum Gasteiger partial charge on any atom is 0.166 e. The molecule has 192 valence electrons. The second kappa shape index (κ2) is 12.5. The summed E-state index contributed by atoms with van der Waals surface area (Å²) < 4.78 is 50.2. The van der Waals surface area contributed by atoms with Gasteiger partial charge < -0.3 is 4.74 Å². The van der Waals surface area contributed by atoms with Crippen molar-refractivity contribution in [3.05, 3.63) is 88.7 Å². The second-order valence-electron chi connectivity index (χ2n) is 10.3. The van der Waals surface area contributed by atoms with Crippen LogP contribution in [0, 0.1) is 30.3 Å². The molecule has 3 aromatic carbocycles. The minimum atomic E-state index is -0.758. The summed E-state index contributed by atoms with van der Waals surface area (Å²) in [6, 6.07) is 16.1. The average molecular weight is 495 g/mol. The van der Waals surface area contributed by atoms with Crippen LogP contribution in [-0.4, -0.2) is 6.61 Å². The van der Waals surface area contributed by atoms with Crippen molar-refractivity contribution >= 4 is 0 Å². The first-order valence-corrected chi connectivity index (χ1v) is 13.4. The highest BCUT2D eigenvalue weighted by molar-refractivity contribution is 5.65. The fraction of sp³-hybridized carbons (Fsp3) is 0.438. The summed E-state index contributed by atoms with van der Waals surface area (Å²) in [7, 11) is 0. The largest absolute Gasteiger partial charge is 0.493 e. The fourth-order valence-corrected chi connectivity index (χ4v) is 5.32. The SMILES string of the molecule is CCCCCOc1ccc(CCC2CCC(c3ccc(-c4ccc(C)cc4)c(F)c3F)CC2)c(F)c1. The molecule has 4 rings (SSSR count). The van der Waals surface area contributed by atoms with Gasteiger partial charge in [0.05, 0.1) is 6.61 Å². The van der Waals surface area contributed by atoms with Crippen LogP contribution in [-0.2, 0) is 6.42 Å². The van der Waals surface area contributed by atoms with Crippen molar-refractivity contribution < 1.29 is 17.9 Å². The van der Waals surface area contributed by atoms with Crippen molar-refractivity contribution in [2.75, 3.05) is 6.61 Å². The molecule has 0 heterocycles. The van der Waals surface area contributed by atoms with Crippen LogP contribution in [0.5, 0.6) is 5.75 Å². The third-order valence-electron chi connectivity index (χ3n) is 7.62. The molecule has 0 aromatic heterocycles. The van der Waals surface area contributed by atoms with E-state index in [4.69, 9.17) is 4.74 Å². The molecule has 0 unspecified atom stereocenters. The fourth-order valence-electron chi connectivity index (χ4n) is 5.32. The lowest BCUT2D eigenvalue weighted by Crippen LogP contribution is -2.16. The van der Waals surface area contributed by atoms with Gasteiger partial charge in [0.15, 0.2) is 11.6 Å². The van der Waals surface area contributed by atoms with E-state index in [0.717, 1.165) is 62.5 Å². The molecule has 0 bridgehead atoms. The minimum absolute atomic E-state index is 0.0312. The molecule has 1 saturated carbocycles. The van der Waals surface area contributed by atoms with Gasteiger partial charge >= 0.3 is 0 Å². The highest BCUT2D eigenvalue weighted by Gasteiger charge is 2.26. The molecular weight excluding hydrogens is 457 g/mol. The maximum absolute atomic E-state index is 15.0. The Labute approximate surface area is 213 Å². The predicted octanol–water partition coefficient (Wildman–Crippen LogP) is 9.55. The summed E-state index contributed by atoms with van der Waals surface area (Å²) in [5.74, 6) is -0.574. The van der Waals surface area contributed by atoms with Gasteiger partial charge in [0.1, 0.15) is 11.6 Å². The lowest BCUT2D eigenvalue weighted by Gasteiger charge is -2.29. The van der Waals surface area contributed by atoms with Crippen LogP contribution >= 0.6 is 0 Å². The Morgan fingerprint density at radius 3 is 2.28 bits per heavy atom. The highest BCUT2D eigenvalue weighted by atomic mass is 19.2. The first kappa shape index (κ1) is 26.3. The minimum Gasteiger partial charge on any atom is -0.493 e. The summed E-state index contributed by atoms with van der Waals surface area (Å²) in [5.41, 5.74) is 3.29. The summed E-state index contributed by atoms with van der Waals surface area (Å²) in [5, 5.41) is 0. The Kier molecular flexibility index (Phi) is 9.12. The molecule has 0 aliphatic heterocycles. The molecule has 1 aliphatic carbocycles. The first-order chi connectivity index (χ1) is 17.5. The first-order valence-electron chi connectivity index (χ1n) is 13.4. The van der Waals surface area contributed by atoms with Crippen molar-refractivity contribution in [2.45, 2.75) is 77.6 Å². The summed E-state index contributed by atoms with van der Waals surface area (Å²) in [6.45, 7) is 4.73. The average Bonchev–Trinajstić information content (AvgIpc) is 2.89. The lowest BCUT2D eigenvalue weighted by molar-refractivity contribution is 0.301. The van der Waals surface area contributed by atoms with Gasteiger partial charge in [0.25, 0.3) is 0 Å². The van der Waals surface area contributed by atoms with Crippen LogP contribution in [0.2, 0.25) is 0 Å². The molecule has 1 fully saturated rings. The van der Waals surface area contributed by atoms with Gasteiger partial charge in [-0.15, -0.1) is 0 Å². The van der Waals surface area contributed by atoms with Gasteiger partial charge in [0.2, 0.25) is 0 Å². The van der Waals surface area contributed by atoms with E-state index in [2.05, 4.69) is 6.92 Å². The third-order valence-corrected chi connectivity index (χ3v) is 7.62. The van der Waals surface area contributed by atoms with Crippen molar-refractivity contribution in [2.24, 2.45) is 5.92 Å². The molecular formula is C32H37F3O. The quantitative estimate of drug-likeness (QED) is 0.255. The van der Waals surface area contributed by atoms with Crippen LogP contribution in [0.3, 0.4) is 0 Å². The van der Waals surface area contributed by atoms with E-state index in [1.807, 2.05) is 43.3 Å². The maximum atomic E-state index is 15.0. The van der Waals surface area contributed by atoms with E-state index >= 15 is 4.39 Å². The van der Waals surface area contributed by atoms with Gasteiger partial charge in [-0.1, -0.05) is 67.8 Å². The Morgan fingerprint density at radius 2 is 1.58 bits per heavy atom. The van der Waals surface area contributed by atoms with Gasteiger partial charge in [-0.3, -0.25) is 0 Å². The molecule has 0 atom stereocenters. The number of hydrogen-bond acceptors (Lipinski definition) is 1. The van der Waals surface area contributed by atoms with Crippen LogP contribution in [0.25, 0.3) is 11.1 Å². The van der Waals surface area contributed by atoms with Crippen LogP contribution in [0.15, 0.2) is 54.6 Å².